The molecule has 0 radical (unpaired) electrons. The van der Waals surface area contributed by atoms with Gasteiger partial charge in [0.1, 0.15) is 6.33 Å². The smallest absolute Gasteiger partial charge is 0.352 e. The lowest BCUT2D eigenvalue weighted by molar-refractivity contribution is 0.130. The van der Waals surface area contributed by atoms with Crippen LogP contribution in [-0.4, -0.2) is 32.7 Å². The van der Waals surface area contributed by atoms with E-state index in [0.29, 0.717) is 32.3 Å². The van der Waals surface area contributed by atoms with Crippen LogP contribution in [0.5, 0.6) is 0 Å². The van der Waals surface area contributed by atoms with Crippen molar-refractivity contribution < 1.29 is 4.74 Å². The van der Waals surface area contributed by atoms with Gasteiger partial charge in [-0.25, -0.2) is 9.78 Å². The van der Waals surface area contributed by atoms with E-state index in [9.17, 15) is 4.79 Å². The van der Waals surface area contributed by atoms with Crippen molar-refractivity contribution in [2.75, 3.05) is 18.5 Å². The van der Waals surface area contributed by atoms with Crippen LogP contribution in [0.1, 0.15) is 16.8 Å². The molecule has 0 amide bonds. The first-order valence-corrected chi connectivity index (χ1v) is 8.42. The molecule has 0 fully saturated rings. The maximum atomic E-state index is 12.1. The monoisotopic (exact) mass is 351 g/mol. The van der Waals surface area contributed by atoms with Crippen molar-refractivity contribution in [3.63, 3.8) is 0 Å². The topological polar surface area (TPSA) is 81.9 Å². The standard InChI is InChI=1S/C19H21N5O2/c1-15-6-5-9-20-17(15)12-24-14-22-18(23-19(24)25)21-10-11-26-13-16-7-3-2-4-8-16/h2-9,14H,10-13H2,1H3,(H,21,23,25). The number of aromatic nitrogens is 4. The fourth-order valence-electron chi connectivity index (χ4n) is 2.40. The molecule has 1 N–H and O–H groups in total. The van der Waals surface area contributed by atoms with E-state index in [0.717, 1.165) is 16.8 Å². The summed E-state index contributed by atoms with van der Waals surface area (Å²) in [7, 11) is 0. The van der Waals surface area contributed by atoms with Crippen molar-refractivity contribution in [2.24, 2.45) is 0 Å². The average molecular weight is 351 g/mol. The first kappa shape index (κ1) is 17.8. The lowest BCUT2D eigenvalue weighted by Crippen LogP contribution is -2.26. The molecule has 0 spiro atoms. The van der Waals surface area contributed by atoms with Crippen molar-refractivity contribution in [3.05, 3.63) is 82.3 Å². The van der Waals surface area contributed by atoms with Crippen LogP contribution in [0.25, 0.3) is 0 Å². The predicted molar refractivity (Wildman–Crippen MR) is 99.0 cm³/mol. The highest BCUT2D eigenvalue weighted by atomic mass is 16.5. The number of hydrogen-bond donors (Lipinski definition) is 1. The van der Waals surface area contributed by atoms with E-state index in [-0.39, 0.29) is 5.69 Å². The van der Waals surface area contributed by atoms with E-state index in [1.807, 2.05) is 49.4 Å². The van der Waals surface area contributed by atoms with Gasteiger partial charge in [0.2, 0.25) is 5.95 Å². The molecule has 7 nitrogen and oxygen atoms in total. The molecule has 26 heavy (non-hydrogen) atoms. The van der Waals surface area contributed by atoms with Crippen LogP contribution in [0.4, 0.5) is 5.95 Å². The number of benzene rings is 1. The third kappa shape index (κ3) is 4.97. The van der Waals surface area contributed by atoms with Gasteiger partial charge in [-0.2, -0.15) is 4.98 Å². The summed E-state index contributed by atoms with van der Waals surface area (Å²) in [5.74, 6) is 0.298. The lowest BCUT2D eigenvalue weighted by atomic mass is 10.2. The highest BCUT2D eigenvalue weighted by Gasteiger charge is 2.05. The Labute approximate surface area is 151 Å². The molecule has 2 heterocycles. The number of hydrogen-bond acceptors (Lipinski definition) is 6. The van der Waals surface area contributed by atoms with Crippen LogP contribution in [0.15, 0.2) is 59.8 Å². The van der Waals surface area contributed by atoms with Crippen LogP contribution in [0.3, 0.4) is 0 Å². The zero-order valence-electron chi connectivity index (χ0n) is 14.6. The van der Waals surface area contributed by atoms with Crippen LogP contribution in [0.2, 0.25) is 0 Å². The maximum absolute atomic E-state index is 12.1. The summed E-state index contributed by atoms with van der Waals surface area (Å²) in [5.41, 5.74) is 2.61. The molecule has 0 saturated heterocycles. The molecule has 3 aromatic rings. The predicted octanol–water partition coefficient (Wildman–Crippen LogP) is 2.02. The van der Waals surface area contributed by atoms with Crippen LogP contribution in [-0.2, 0) is 17.9 Å². The molecule has 2 aromatic heterocycles. The molecule has 0 atom stereocenters. The zero-order chi connectivity index (χ0) is 18.2. The van der Waals surface area contributed by atoms with E-state index in [1.165, 1.54) is 10.9 Å². The van der Waals surface area contributed by atoms with Gasteiger partial charge in [0.15, 0.2) is 0 Å². The minimum Gasteiger partial charge on any atom is -0.375 e. The average Bonchev–Trinajstić information content (AvgIpc) is 2.66. The van der Waals surface area contributed by atoms with Gasteiger partial charge in [-0.15, -0.1) is 0 Å². The fourth-order valence-corrected chi connectivity index (χ4v) is 2.40. The number of aryl methyl sites for hydroxylation is 1. The third-order valence-corrected chi connectivity index (χ3v) is 3.85. The number of nitrogens with one attached hydrogen (secondary N) is 1. The molecule has 0 aliphatic carbocycles. The van der Waals surface area contributed by atoms with Gasteiger partial charge in [-0.3, -0.25) is 9.55 Å². The number of rotatable bonds is 8. The fraction of sp³-hybridized carbons (Fsp3) is 0.263. The van der Waals surface area contributed by atoms with Crippen molar-refractivity contribution in [2.45, 2.75) is 20.1 Å². The van der Waals surface area contributed by atoms with Crippen LogP contribution in [0, 0.1) is 6.92 Å². The van der Waals surface area contributed by atoms with Crippen molar-refractivity contribution >= 4 is 5.95 Å². The Hall–Kier alpha value is -3.06. The molecule has 0 bridgehead atoms. The maximum Gasteiger partial charge on any atom is 0.352 e. The molecule has 0 unspecified atom stereocenters. The minimum atomic E-state index is -0.363. The Balaban J connectivity index is 1.48. The normalized spacial score (nSPS) is 10.7. The highest BCUT2D eigenvalue weighted by Crippen LogP contribution is 2.04. The van der Waals surface area contributed by atoms with Crippen LogP contribution >= 0.6 is 0 Å². The Morgan fingerprint density at radius 2 is 1.96 bits per heavy atom. The van der Waals surface area contributed by atoms with Gasteiger partial charge in [0, 0.05) is 12.7 Å². The molecule has 1 aromatic carbocycles. The SMILES string of the molecule is Cc1cccnc1Cn1cnc(NCCOCc2ccccc2)nc1=O. The van der Waals surface area contributed by atoms with Crippen molar-refractivity contribution in [3.8, 4) is 0 Å². The third-order valence-electron chi connectivity index (χ3n) is 3.85. The molecular formula is C19H21N5O2. The summed E-state index contributed by atoms with van der Waals surface area (Å²) in [4.78, 5) is 24.6. The van der Waals surface area contributed by atoms with Gasteiger partial charge >= 0.3 is 5.69 Å². The van der Waals surface area contributed by atoms with Gasteiger partial charge in [0.25, 0.3) is 0 Å². The second-order valence-corrected chi connectivity index (χ2v) is 5.82. The largest absolute Gasteiger partial charge is 0.375 e. The Morgan fingerprint density at radius 1 is 1.12 bits per heavy atom. The van der Waals surface area contributed by atoms with E-state index in [2.05, 4.69) is 20.3 Å². The Morgan fingerprint density at radius 3 is 2.73 bits per heavy atom. The Bertz CT molecular complexity index is 896. The zero-order valence-corrected chi connectivity index (χ0v) is 14.6. The van der Waals surface area contributed by atoms with Gasteiger partial charge in [-0.1, -0.05) is 36.4 Å². The second kappa shape index (κ2) is 8.87. The summed E-state index contributed by atoms with van der Waals surface area (Å²) in [5, 5.41) is 3.00. The quantitative estimate of drug-likeness (QED) is 0.625. The molecule has 0 saturated carbocycles. The number of ether oxygens (including phenoxy) is 1. The Kier molecular flexibility index (Phi) is 6.05. The molecule has 0 aliphatic rings. The van der Waals surface area contributed by atoms with Crippen molar-refractivity contribution in [1.82, 2.24) is 19.5 Å². The van der Waals surface area contributed by atoms with Gasteiger partial charge < -0.3 is 10.1 Å². The summed E-state index contributed by atoms with van der Waals surface area (Å²) in [6.07, 6.45) is 3.19. The van der Waals surface area contributed by atoms with Crippen LogP contribution < -0.4 is 11.0 Å². The summed E-state index contributed by atoms with van der Waals surface area (Å²) in [6.45, 7) is 3.88. The summed E-state index contributed by atoms with van der Waals surface area (Å²) < 4.78 is 7.01. The molecule has 134 valence electrons. The summed E-state index contributed by atoms with van der Waals surface area (Å²) >= 11 is 0. The molecule has 7 heteroatoms. The van der Waals surface area contributed by atoms with Crippen molar-refractivity contribution in [1.29, 1.82) is 0 Å². The van der Waals surface area contributed by atoms with Gasteiger partial charge in [-0.05, 0) is 24.1 Å². The summed E-state index contributed by atoms with van der Waals surface area (Å²) in [6, 6.07) is 13.8. The van der Waals surface area contributed by atoms with E-state index < -0.39 is 0 Å². The van der Waals surface area contributed by atoms with E-state index >= 15 is 0 Å². The highest BCUT2D eigenvalue weighted by molar-refractivity contribution is 5.21. The minimum absolute atomic E-state index is 0.298. The van der Waals surface area contributed by atoms with E-state index in [1.54, 1.807) is 6.20 Å². The van der Waals surface area contributed by atoms with E-state index in [4.69, 9.17) is 4.74 Å². The number of nitrogens with zero attached hydrogens (tertiary/aromatic N) is 4. The van der Waals surface area contributed by atoms with Gasteiger partial charge in [0.05, 0.1) is 25.5 Å². The first-order chi connectivity index (χ1) is 12.7. The molecular weight excluding hydrogens is 330 g/mol. The second-order valence-electron chi connectivity index (χ2n) is 5.82. The number of anilines is 1. The first-order valence-electron chi connectivity index (χ1n) is 8.42. The lowest BCUT2D eigenvalue weighted by Gasteiger charge is -2.08. The molecule has 3 rings (SSSR count). The molecule has 0 aliphatic heterocycles. The number of pyridine rings is 1.